The number of benzene rings is 1. The number of aryl methyl sites for hydroxylation is 1. The minimum absolute atomic E-state index is 0.132. The molecule has 2 unspecified atom stereocenters. The Labute approximate surface area is 166 Å². The Morgan fingerprint density at radius 2 is 2.14 bits per heavy atom. The Morgan fingerprint density at radius 3 is 2.79 bits per heavy atom. The van der Waals surface area contributed by atoms with Gasteiger partial charge in [0.25, 0.3) is 0 Å². The van der Waals surface area contributed by atoms with Crippen LogP contribution >= 0.6 is 0 Å². The lowest BCUT2D eigenvalue weighted by Crippen LogP contribution is -2.41. The summed E-state index contributed by atoms with van der Waals surface area (Å²) in [6.45, 7) is 5.82. The zero-order valence-corrected chi connectivity index (χ0v) is 16.7. The number of carboxylic acids is 1. The van der Waals surface area contributed by atoms with Crippen molar-refractivity contribution in [1.29, 1.82) is 0 Å². The van der Waals surface area contributed by atoms with E-state index in [1.54, 1.807) is 7.11 Å². The minimum atomic E-state index is -0.731. The molecule has 2 heterocycles. The largest absolute Gasteiger partial charge is 0.493 e. The SMILES string of the molecule is CCOc1cc(C(c2ccc(C)cn2)N2CCCC(C(=O)O)C2)ccc1OC. The van der Waals surface area contributed by atoms with Gasteiger partial charge in [-0.05, 0) is 62.6 Å². The van der Waals surface area contributed by atoms with Crippen molar-refractivity contribution in [3.63, 3.8) is 0 Å². The van der Waals surface area contributed by atoms with Crippen LogP contribution in [0.1, 0.15) is 42.6 Å². The molecule has 0 bridgehead atoms. The molecule has 1 N–H and O–H groups in total. The predicted octanol–water partition coefficient (Wildman–Crippen LogP) is 3.68. The van der Waals surface area contributed by atoms with Gasteiger partial charge in [0.15, 0.2) is 11.5 Å². The van der Waals surface area contributed by atoms with E-state index < -0.39 is 5.97 Å². The lowest BCUT2D eigenvalue weighted by Gasteiger charge is -2.37. The maximum atomic E-state index is 11.6. The number of carbonyl (C=O) groups is 1. The fourth-order valence-electron chi connectivity index (χ4n) is 3.78. The van der Waals surface area contributed by atoms with Crippen molar-refractivity contribution in [2.45, 2.75) is 32.7 Å². The Morgan fingerprint density at radius 1 is 1.32 bits per heavy atom. The second-order valence-corrected chi connectivity index (χ2v) is 7.18. The maximum absolute atomic E-state index is 11.6. The van der Waals surface area contributed by atoms with Crippen molar-refractivity contribution in [2.75, 3.05) is 26.8 Å². The van der Waals surface area contributed by atoms with Gasteiger partial charge in [0.05, 0.1) is 31.4 Å². The number of piperidine rings is 1. The molecule has 1 fully saturated rings. The summed E-state index contributed by atoms with van der Waals surface area (Å²) >= 11 is 0. The molecule has 0 amide bonds. The van der Waals surface area contributed by atoms with Gasteiger partial charge in [0, 0.05) is 12.7 Å². The third-order valence-corrected chi connectivity index (χ3v) is 5.18. The van der Waals surface area contributed by atoms with E-state index in [2.05, 4.69) is 9.88 Å². The Kier molecular flexibility index (Phi) is 6.52. The maximum Gasteiger partial charge on any atom is 0.307 e. The zero-order chi connectivity index (χ0) is 20.1. The molecule has 0 spiro atoms. The minimum Gasteiger partial charge on any atom is -0.493 e. The van der Waals surface area contributed by atoms with Gasteiger partial charge in [-0.3, -0.25) is 14.7 Å². The molecule has 0 radical (unpaired) electrons. The van der Waals surface area contributed by atoms with Crippen LogP contribution < -0.4 is 9.47 Å². The van der Waals surface area contributed by atoms with Crippen LogP contribution in [0.25, 0.3) is 0 Å². The average Bonchev–Trinajstić information content (AvgIpc) is 2.70. The molecule has 1 saturated heterocycles. The second kappa shape index (κ2) is 9.06. The first-order valence-corrected chi connectivity index (χ1v) is 9.73. The van der Waals surface area contributed by atoms with E-state index in [0.29, 0.717) is 31.1 Å². The number of ether oxygens (including phenoxy) is 2. The molecule has 1 aliphatic heterocycles. The molecular formula is C22H28N2O4. The normalized spacial score (nSPS) is 18.5. The molecule has 150 valence electrons. The predicted molar refractivity (Wildman–Crippen MR) is 107 cm³/mol. The summed E-state index contributed by atoms with van der Waals surface area (Å²) in [6, 6.07) is 9.83. The molecule has 3 rings (SSSR count). The summed E-state index contributed by atoms with van der Waals surface area (Å²) in [7, 11) is 1.62. The summed E-state index contributed by atoms with van der Waals surface area (Å²) in [4.78, 5) is 18.5. The summed E-state index contributed by atoms with van der Waals surface area (Å²) in [5, 5.41) is 9.52. The van der Waals surface area contributed by atoms with Crippen molar-refractivity contribution in [2.24, 2.45) is 5.92 Å². The van der Waals surface area contributed by atoms with Crippen molar-refractivity contribution in [1.82, 2.24) is 9.88 Å². The van der Waals surface area contributed by atoms with Gasteiger partial charge >= 0.3 is 5.97 Å². The first-order chi connectivity index (χ1) is 13.5. The van der Waals surface area contributed by atoms with Crippen LogP contribution in [0.2, 0.25) is 0 Å². The van der Waals surface area contributed by atoms with Crippen molar-refractivity contribution < 1.29 is 19.4 Å². The Balaban J connectivity index is 2.02. The number of pyridine rings is 1. The van der Waals surface area contributed by atoms with Gasteiger partial charge in [0.2, 0.25) is 0 Å². The number of rotatable bonds is 7. The summed E-state index contributed by atoms with van der Waals surface area (Å²) < 4.78 is 11.2. The van der Waals surface area contributed by atoms with Gasteiger partial charge in [-0.15, -0.1) is 0 Å². The third-order valence-electron chi connectivity index (χ3n) is 5.18. The Bertz CT molecular complexity index is 807. The number of hydrogen-bond donors (Lipinski definition) is 1. The van der Waals surface area contributed by atoms with Gasteiger partial charge in [-0.1, -0.05) is 12.1 Å². The summed E-state index contributed by atoms with van der Waals surface area (Å²) in [5.41, 5.74) is 3.02. The molecule has 6 heteroatoms. The van der Waals surface area contributed by atoms with Crippen LogP contribution in [0.15, 0.2) is 36.5 Å². The zero-order valence-electron chi connectivity index (χ0n) is 16.7. The summed E-state index contributed by atoms with van der Waals surface area (Å²) in [5.74, 6) is 0.283. The number of nitrogens with zero attached hydrogens (tertiary/aromatic N) is 2. The van der Waals surface area contributed by atoms with Crippen LogP contribution in [0.4, 0.5) is 0 Å². The number of likely N-dealkylation sites (tertiary alicyclic amines) is 1. The lowest BCUT2D eigenvalue weighted by atomic mass is 9.93. The molecule has 1 aromatic heterocycles. The highest BCUT2D eigenvalue weighted by molar-refractivity contribution is 5.70. The van der Waals surface area contributed by atoms with Crippen molar-refractivity contribution in [3.8, 4) is 11.5 Å². The number of aromatic nitrogens is 1. The van der Waals surface area contributed by atoms with Gasteiger partial charge in [-0.2, -0.15) is 0 Å². The first-order valence-electron chi connectivity index (χ1n) is 9.73. The Hall–Kier alpha value is -2.60. The van der Waals surface area contributed by atoms with Crippen molar-refractivity contribution >= 4 is 5.97 Å². The van der Waals surface area contributed by atoms with Crippen LogP contribution in [0.3, 0.4) is 0 Å². The van der Waals surface area contributed by atoms with E-state index >= 15 is 0 Å². The van der Waals surface area contributed by atoms with Crippen LogP contribution in [-0.4, -0.2) is 47.8 Å². The average molecular weight is 384 g/mol. The van der Waals surface area contributed by atoms with Crippen molar-refractivity contribution in [3.05, 3.63) is 53.3 Å². The number of aliphatic carboxylic acids is 1. The molecule has 0 aliphatic carbocycles. The van der Waals surface area contributed by atoms with Crippen LogP contribution in [0, 0.1) is 12.8 Å². The lowest BCUT2D eigenvalue weighted by molar-refractivity contribution is -0.143. The first kappa shape index (κ1) is 20.1. The van der Waals surface area contributed by atoms with E-state index in [1.807, 2.05) is 50.4 Å². The molecule has 2 atom stereocenters. The number of methoxy groups -OCH3 is 1. The highest BCUT2D eigenvalue weighted by Crippen LogP contribution is 2.36. The fraction of sp³-hybridized carbons (Fsp3) is 0.455. The van der Waals surface area contributed by atoms with E-state index in [1.165, 1.54) is 0 Å². The molecule has 28 heavy (non-hydrogen) atoms. The van der Waals surface area contributed by atoms with Gasteiger partial charge in [-0.25, -0.2) is 0 Å². The number of hydrogen-bond acceptors (Lipinski definition) is 5. The molecular weight excluding hydrogens is 356 g/mol. The highest BCUT2D eigenvalue weighted by atomic mass is 16.5. The number of carboxylic acid groups (broad SMARTS) is 1. The summed E-state index contributed by atoms with van der Waals surface area (Å²) in [6.07, 6.45) is 3.43. The molecule has 2 aromatic rings. The molecule has 0 saturated carbocycles. The van der Waals surface area contributed by atoms with Gasteiger partial charge < -0.3 is 14.6 Å². The topological polar surface area (TPSA) is 71.9 Å². The van der Waals surface area contributed by atoms with Crippen LogP contribution in [0.5, 0.6) is 11.5 Å². The van der Waals surface area contributed by atoms with Crippen LogP contribution in [-0.2, 0) is 4.79 Å². The highest BCUT2D eigenvalue weighted by Gasteiger charge is 2.32. The molecule has 6 nitrogen and oxygen atoms in total. The van der Waals surface area contributed by atoms with E-state index in [4.69, 9.17) is 9.47 Å². The van der Waals surface area contributed by atoms with Gasteiger partial charge in [0.1, 0.15) is 0 Å². The molecule has 1 aliphatic rings. The fourth-order valence-corrected chi connectivity index (χ4v) is 3.78. The molecule has 1 aromatic carbocycles. The smallest absolute Gasteiger partial charge is 0.307 e. The second-order valence-electron chi connectivity index (χ2n) is 7.18. The van der Waals surface area contributed by atoms with E-state index in [-0.39, 0.29) is 12.0 Å². The van der Waals surface area contributed by atoms with E-state index in [0.717, 1.165) is 29.8 Å². The third kappa shape index (κ3) is 4.44. The quantitative estimate of drug-likeness (QED) is 0.785. The standard InChI is InChI=1S/C22H28N2O4/c1-4-28-20-12-16(8-10-19(20)27-3)21(18-9-7-15(2)13-23-18)24-11-5-6-17(14-24)22(25)26/h7-10,12-13,17,21H,4-6,11,14H2,1-3H3,(H,25,26). The van der Waals surface area contributed by atoms with E-state index in [9.17, 15) is 9.90 Å². The monoisotopic (exact) mass is 384 g/mol.